The molecule has 5 nitrogen and oxygen atoms in total. The van der Waals surface area contributed by atoms with E-state index in [1.807, 2.05) is 42.3 Å². The molecule has 1 N–H and O–H groups in total. The van der Waals surface area contributed by atoms with Gasteiger partial charge in [-0.3, -0.25) is 9.67 Å². The quantitative estimate of drug-likeness (QED) is 0.768. The lowest BCUT2D eigenvalue weighted by Crippen LogP contribution is -2.31. The molecule has 134 valence electrons. The number of nitrogens with zero attached hydrogens (tertiary/aromatic N) is 3. The molecule has 0 saturated carbocycles. The fourth-order valence-electron chi connectivity index (χ4n) is 3.52. The van der Waals surface area contributed by atoms with Gasteiger partial charge in [0.1, 0.15) is 6.10 Å². The zero-order valence-corrected chi connectivity index (χ0v) is 15.2. The summed E-state index contributed by atoms with van der Waals surface area (Å²) < 4.78 is 7.91. The Labute approximate surface area is 154 Å². The summed E-state index contributed by atoms with van der Waals surface area (Å²) in [5, 5.41) is 8.04. The molecule has 1 aromatic carbocycles. The molecule has 3 heterocycles. The smallest absolute Gasteiger partial charge is 0.101 e. The van der Waals surface area contributed by atoms with Crippen LogP contribution < -0.4 is 5.32 Å². The van der Waals surface area contributed by atoms with Crippen molar-refractivity contribution in [2.45, 2.75) is 32.0 Å². The summed E-state index contributed by atoms with van der Waals surface area (Å²) in [5.41, 5.74) is 5.75. The summed E-state index contributed by atoms with van der Waals surface area (Å²) in [6.07, 6.45) is 4.85. The van der Waals surface area contributed by atoms with Crippen LogP contribution in [0, 0.1) is 6.92 Å². The summed E-state index contributed by atoms with van der Waals surface area (Å²) in [4.78, 5) is 4.44. The van der Waals surface area contributed by atoms with E-state index in [-0.39, 0.29) is 6.10 Å². The van der Waals surface area contributed by atoms with Crippen molar-refractivity contribution in [2.24, 2.45) is 7.05 Å². The van der Waals surface area contributed by atoms with Crippen molar-refractivity contribution in [1.82, 2.24) is 20.1 Å². The molecule has 5 heteroatoms. The Morgan fingerprint density at radius 3 is 2.92 bits per heavy atom. The Kier molecular flexibility index (Phi) is 4.82. The maximum absolute atomic E-state index is 6.00. The second-order valence-corrected chi connectivity index (χ2v) is 6.79. The number of rotatable bonds is 5. The third-order valence-corrected chi connectivity index (χ3v) is 5.13. The highest BCUT2D eigenvalue weighted by molar-refractivity contribution is 5.59. The van der Waals surface area contributed by atoms with Crippen LogP contribution in [0.15, 0.2) is 54.9 Å². The maximum Gasteiger partial charge on any atom is 0.101 e. The van der Waals surface area contributed by atoms with E-state index < -0.39 is 0 Å². The van der Waals surface area contributed by atoms with Gasteiger partial charge in [-0.05, 0) is 37.1 Å². The minimum absolute atomic E-state index is 0.0719. The van der Waals surface area contributed by atoms with Crippen molar-refractivity contribution >= 4 is 0 Å². The molecular formula is C21H24N4O. The van der Waals surface area contributed by atoms with Crippen LogP contribution in [-0.4, -0.2) is 27.4 Å². The number of aromatic nitrogens is 3. The van der Waals surface area contributed by atoms with E-state index in [1.54, 1.807) is 0 Å². The third-order valence-electron chi connectivity index (χ3n) is 5.13. The van der Waals surface area contributed by atoms with Gasteiger partial charge in [0.2, 0.25) is 0 Å². The highest BCUT2D eigenvalue weighted by Crippen LogP contribution is 2.31. The number of ether oxygens (including phenoxy) is 1. The lowest BCUT2D eigenvalue weighted by molar-refractivity contribution is 0.0979. The Morgan fingerprint density at radius 1 is 1.23 bits per heavy atom. The van der Waals surface area contributed by atoms with E-state index in [4.69, 9.17) is 4.74 Å². The lowest BCUT2D eigenvalue weighted by atomic mass is 10.0. The van der Waals surface area contributed by atoms with E-state index in [0.29, 0.717) is 6.04 Å². The normalized spacial score (nSPS) is 19.8. The minimum Gasteiger partial charge on any atom is -0.372 e. The summed E-state index contributed by atoms with van der Waals surface area (Å²) in [6.45, 7) is 3.69. The van der Waals surface area contributed by atoms with Crippen molar-refractivity contribution in [3.63, 3.8) is 0 Å². The molecular weight excluding hydrogens is 324 g/mol. The van der Waals surface area contributed by atoms with E-state index in [9.17, 15) is 0 Å². The molecule has 3 aromatic rings. The van der Waals surface area contributed by atoms with Gasteiger partial charge in [-0.1, -0.05) is 24.3 Å². The van der Waals surface area contributed by atoms with E-state index in [1.165, 1.54) is 16.8 Å². The highest BCUT2D eigenvalue weighted by Gasteiger charge is 2.31. The molecule has 2 aromatic heterocycles. The topological polar surface area (TPSA) is 52.0 Å². The molecule has 0 amide bonds. The van der Waals surface area contributed by atoms with Crippen molar-refractivity contribution < 1.29 is 4.74 Å². The summed E-state index contributed by atoms with van der Waals surface area (Å²) in [7, 11) is 1.97. The molecule has 4 rings (SSSR count). The van der Waals surface area contributed by atoms with E-state index in [2.05, 4.69) is 46.6 Å². The van der Waals surface area contributed by atoms with Gasteiger partial charge in [-0.25, -0.2) is 0 Å². The van der Waals surface area contributed by atoms with Crippen molar-refractivity contribution in [3.05, 3.63) is 71.7 Å². The van der Waals surface area contributed by atoms with E-state index in [0.717, 1.165) is 30.8 Å². The monoisotopic (exact) mass is 348 g/mol. The first-order chi connectivity index (χ1) is 12.7. The second-order valence-electron chi connectivity index (χ2n) is 6.79. The Hall–Kier alpha value is -2.50. The molecule has 26 heavy (non-hydrogen) atoms. The number of benzene rings is 1. The molecule has 1 fully saturated rings. The molecule has 2 atom stereocenters. The zero-order chi connectivity index (χ0) is 17.9. The molecule has 0 radical (unpaired) electrons. The number of nitrogens with one attached hydrogen (secondary N) is 1. The number of hydrogen-bond acceptors (Lipinski definition) is 4. The lowest BCUT2D eigenvalue weighted by Gasteiger charge is -2.20. The largest absolute Gasteiger partial charge is 0.372 e. The van der Waals surface area contributed by atoms with Crippen LogP contribution in [0.5, 0.6) is 0 Å². The molecule has 1 aliphatic heterocycles. The zero-order valence-electron chi connectivity index (χ0n) is 15.2. The standard InChI is InChI=1S/C21H24N4O/c1-15-18(14-24-25(15)2)21-20(9-11-26-21)23-13-16-6-5-7-17(12-16)19-8-3-4-10-22-19/h3-8,10,12,14,20-21,23H,9,11,13H2,1-2H3/t20-,21+/m0/s1. The predicted octanol–water partition coefficient (Wildman–Crippen LogP) is 3.41. The average Bonchev–Trinajstić information content (AvgIpc) is 3.28. The predicted molar refractivity (Wildman–Crippen MR) is 102 cm³/mol. The molecule has 0 spiro atoms. The van der Waals surface area contributed by atoms with Crippen LogP contribution in [0.3, 0.4) is 0 Å². The number of aryl methyl sites for hydroxylation is 1. The van der Waals surface area contributed by atoms with Crippen LogP contribution >= 0.6 is 0 Å². The Bertz CT molecular complexity index is 875. The molecule has 1 saturated heterocycles. The first-order valence-electron chi connectivity index (χ1n) is 9.06. The van der Waals surface area contributed by atoms with Crippen molar-refractivity contribution in [3.8, 4) is 11.3 Å². The Morgan fingerprint density at radius 2 is 2.15 bits per heavy atom. The molecule has 0 aliphatic carbocycles. The maximum atomic E-state index is 6.00. The van der Waals surface area contributed by atoms with Crippen LogP contribution in [0.4, 0.5) is 0 Å². The minimum atomic E-state index is 0.0719. The van der Waals surface area contributed by atoms with E-state index >= 15 is 0 Å². The van der Waals surface area contributed by atoms with Crippen LogP contribution in [-0.2, 0) is 18.3 Å². The fourth-order valence-corrected chi connectivity index (χ4v) is 3.52. The molecule has 1 aliphatic rings. The summed E-state index contributed by atoms with van der Waals surface area (Å²) >= 11 is 0. The molecule has 0 unspecified atom stereocenters. The Balaban J connectivity index is 1.46. The number of hydrogen-bond donors (Lipinski definition) is 1. The van der Waals surface area contributed by atoms with Gasteiger partial charge in [-0.2, -0.15) is 5.10 Å². The van der Waals surface area contributed by atoms with Crippen LogP contribution in [0.2, 0.25) is 0 Å². The van der Waals surface area contributed by atoms with Gasteiger partial charge in [-0.15, -0.1) is 0 Å². The van der Waals surface area contributed by atoms with Gasteiger partial charge in [0, 0.05) is 49.3 Å². The van der Waals surface area contributed by atoms with Gasteiger partial charge >= 0.3 is 0 Å². The first kappa shape index (κ1) is 16.9. The average molecular weight is 348 g/mol. The third kappa shape index (κ3) is 3.41. The molecule has 0 bridgehead atoms. The summed E-state index contributed by atoms with van der Waals surface area (Å²) in [6, 6.07) is 14.9. The van der Waals surface area contributed by atoms with Crippen molar-refractivity contribution in [2.75, 3.05) is 6.61 Å². The van der Waals surface area contributed by atoms with Crippen molar-refractivity contribution in [1.29, 1.82) is 0 Å². The summed E-state index contributed by atoms with van der Waals surface area (Å²) in [5.74, 6) is 0. The van der Waals surface area contributed by atoms with Crippen LogP contribution in [0.1, 0.15) is 29.3 Å². The number of pyridine rings is 1. The van der Waals surface area contributed by atoms with Gasteiger partial charge in [0.15, 0.2) is 0 Å². The highest BCUT2D eigenvalue weighted by atomic mass is 16.5. The SMILES string of the molecule is Cc1c([C@H]2OCC[C@@H]2NCc2cccc(-c3ccccn3)c2)cnn1C. The first-order valence-corrected chi connectivity index (χ1v) is 9.06. The van der Waals surface area contributed by atoms with Gasteiger partial charge in [0.25, 0.3) is 0 Å². The van der Waals surface area contributed by atoms with Crippen LogP contribution in [0.25, 0.3) is 11.3 Å². The van der Waals surface area contributed by atoms with Gasteiger partial charge < -0.3 is 10.1 Å². The second kappa shape index (κ2) is 7.40. The van der Waals surface area contributed by atoms with Gasteiger partial charge in [0.05, 0.1) is 11.9 Å². The fraction of sp³-hybridized carbons (Fsp3) is 0.333.